The highest BCUT2D eigenvalue weighted by molar-refractivity contribution is 6.33. The Hall–Kier alpha value is -2.29. The first-order valence-corrected chi connectivity index (χ1v) is 10.4. The highest BCUT2D eigenvalue weighted by atomic mass is 35.5. The molecule has 0 aromatic carbocycles. The fourth-order valence-corrected chi connectivity index (χ4v) is 4.07. The van der Waals surface area contributed by atoms with Gasteiger partial charge in [0, 0.05) is 25.3 Å². The number of pyridine rings is 1. The van der Waals surface area contributed by atoms with Gasteiger partial charge in [-0.2, -0.15) is 13.2 Å². The number of hydrogen-bond acceptors (Lipinski definition) is 3. The van der Waals surface area contributed by atoms with Crippen molar-refractivity contribution in [2.45, 2.75) is 51.2 Å². The summed E-state index contributed by atoms with van der Waals surface area (Å²) in [5.74, 6) is -0.767. The molecule has 162 valence electrons. The molecular formula is C20H22ClF3N4O2. The van der Waals surface area contributed by atoms with E-state index in [1.54, 1.807) is 4.90 Å². The van der Waals surface area contributed by atoms with Crippen molar-refractivity contribution < 1.29 is 22.8 Å². The van der Waals surface area contributed by atoms with Crippen LogP contribution < -0.4 is 0 Å². The SMILES string of the molecule is CCC(C)N1CCN(C(=O)c2nc3c(C(F)(F)F)cc(C4CC4)cn3c2Cl)CC1=O. The van der Waals surface area contributed by atoms with E-state index in [0.717, 1.165) is 29.7 Å². The standard InChI is InChI=1S/C20H22ClF3N4O2/c1-3-11(2)27-7-6-26(10-15(27)29)19(30)16-17(21)28-9-13(12-4-5-12)8-14(18(28)25-16)20(22,23)24/h8-9,11-12H,3-7,10H2,1-2H3. The fourth-order valence-electron chi connectivity index (χ4n) is 3.82. The Morgan fingerprint density at radius 3 is 2.60 bits per heavy atom. The molecular weight excluding hydrogens is 421 g/mol. The third-order valence-electron chi connectivity index (χ3n) is 5.91. The van der Waals surface area contributed by atoms with Crippen molar-refractivity contribution in [3.05, 3.63) is 34.2 Å². The lowest BCUT2D eigenvalue weighted by atomic mass is 10.1. The molecule has 2 aliphatic rings. The second-order valence-corrected chi connectivity index (χ2v) is 8.33. The summed E-state index contributed by atoms with van der Waals surface area (Å²) in [6.45, 7) is 4.40. The summed E-state index contributed by atoms with van der Waals surface area (Å²) < 4.78 is 42.1. The monoisotopic (exact) mass is 442 g/mol. The van der Waals surface area contributed by atoms with E-state index >= 15 is 0 Å². The van der Waals surface area contributed by atoms with Crippen molar-refractivity contribution in [1.82, 2.24) is 19.2 Å². The first-order chi connectivity index (χ1) is 14.1. The van der Waals surface area contributed by atoms with Gasteiger partial charge in [0.25, 0.3) is 5.91 Å². The number of nitrogens with zero attached hydrogens (tertiary/aromatic N) is 4. The molecule has 3 heterocycles. The Balaban J connectivity index is 1.69. The molecule has 1 aliphatic heterocycles. The van der Waals surface area contributed by atoms with Crippen LogP contribution in [-0.4, -0.2) is 56.7 Å². The molecule has 30 heavy (non-hydrogen) atoms. The summed E-state index contributed by atoms with van der Waals surface area (Å²) >= 11 is 6.32. The largest absolute Gasteiger partial charge is 0.419 e. The van der Waals surface area contributed by atoms with Crippen molar-refractivity contribution in [2.24, 2.45) is 0 Å². The molecule has 0 radical (unpaired) electrons. The van der Waals surface area contributed by atoms with Gasteiger partial charge in [0.05, 0.1) is 5.56 Å². The summed E-state index contributed by atoms with van der Waals surface area (Å²) in [5, 5.41) is -0.167. The van der Waals surface area contributed by atoms with Crippen LogP contribution in [0.3, 0.4) is 0 Å². The van der Waals surface area contributed by atoms with Crippen LogP contribution in [0.1, 0.15) is 60.6 Å². The number of carbonyl (C=O) groups is 2. The van der Waals surface area contributed by atoms with Gasteiger partial charge in [0.15, 0.2) is 11.3 Å². The highest BCUT2D eigenvalue weighted by Gasteiger charge is 2.38. The summed E-state index contributed by atoms with van der Waals surface area (Å²) in [5.41, 5.74) is -1.04. The van der Waals surface area contributed by atoms with Gasteiger partial charge in [0.2, 0.25) is 5.91 Å². The molecule has 1 unspecified atom stereocenters. The second kappa shape index (κ2) is 7.44. The van der Waals surface area contributed by atoms with Gasteiger partial charge in [-0.05, 0) is 43.7 Å². The molecule has 10 heteroatoms. The molecule has 1 saturated carbocycles. The van der Waals surface area contributed by atoms with E-state index < -0.39 is 23.3 Å². The van der Waals surface area contributed by atoms with E-state index in [1.165, 1.54) is 11.1 Å². The molecule has 1 aliphatic carbocycles. The van der Waals surface area contributed by atoms with Crippen molar-refractivity contribution >= 4 is 29.1 Å². The summed E-state index contributed by atoms with van der Waals surface area (Å²) in [6.07, 6.45) is -0.659. The zero-order valence-corrected chi connectivity index (χ0v) is 17.4. The van der Waals surface area contributed by atoms with Crippen LogP contribution >= 0.6 is 11.6 Å². The number of fused-ring (bicyclic) bond motifs is 1. The predicted molar refractivity (Wildman–Crippen MR) is 105 cm³/mol. The first-order valence-electron chi connectivity index (χ1n) is 9.99. The Morgan fingerprint density at radius 2 is 2.03 bits per heavy atom. The minimum Gasteiger partial charge on any atom is -0.337 e. The van der Waals surface area contributed by atoms with Gasteiger partial charge in [-0.3, -0.25) is 14.0 Å². The van der Waals surface area contributed by atoms with Gasteiger partial charge >= 0.3 is 6.18 Å². The van der Waals surface area contributed by atoms with Gasteiger partial charge in [0.1, 0.15) is 11.7 Å². The number of alkyl halides is 3. The van der Waals surface area contributed by atoms with E-state index in [4.69, 9.17) is 11.6 Å². The van der Waals surface area contributed by atoms with Crippen LogP contribution in [0.2, 0.25) is 5.15 Å². The maximum absolute atomic E-state index is 13.6. The molecule has 0 bridgehead atoms. The molecule has 4 rings (SSSR count). The van der Waals surface area contributed by atoms with Crippen LogP contribution in [-0.2, 0) is 11.0 Å². The Kier molecular flexibility index (Phi) is 5.20. The lowest BCUT2D eigenvalue weighted by Crippen LogP contribution is -2.54. The van der Waals surface area contributed by atoms with Crippen molar-refractivity contribution in [1.29, 1.82) is 0 Å². The van der Waals surface area contributed by atoms with E-state index in [-0.39, 0.29) is 41.8 Å². The Bertz CT molecular complexity index is 1020. The summed E-state index contributed by atoms with van der Waals surface area (Å²) in [6, 6.07) is 1.16. The molecule has 2 aromatic heterocycles. The molecule has 2 amide bonds. The number of halogens is 4. The molecule has 1 saturated heterocycles. The first kappa shape index (κ1) is 21.0. The highest BCUT2D eigenvalue weighted by Crippen LogP contribution is 2.43. The summed E-state index contributed by atoms with van der Waals surface area (Å²) in [7, 11) is 0. The van der Waals surface area contributed by atoms with Crippen molar-refractivity contribution in [2.75, 3.05) is 19.6 Å². The third-order valence-corrected chi connectivity index (χ3v) is 6.27. The zero-order valence-electron chi connectivity index (χ0n) is 16.7. The topological polar surface area (TPSA) is 57.9 Å². The average Bonchev–Trinajstić information content (AvgIpc) is 3.49. The molecule has 2 fully saturated rings. The molecule has 6 nitrogen and oxygen atoms in total. The number of aromatic nitrogens is 2. The average molecular weight is 443 g/mol. The number of hydrogen-bond donors (Lipinski definition) is 0. The van der Waals surface area contributed by atoms with E-state index in [1.807, 2.05) is 13.8 Å². The molecule has 1 atom stereocenters. The number of imidazole rings is 1. The zero-order chi connectivity index (χ0) is 21.8. The lowest BCUT2D eigenvalue weighted by molar-refractivity contribution is -0.137. The number of carbonyl (C=O) groups excluding carboxylic acids is 2. The molecule has 2 aromatic rings. The number of amides is 2. The minimum absolute atomic E-state index is 0.0590. The van der Waals surface area contributed by atoms with Crippen LogP contribution in [0.5, 0.6) is 0 Å². The van der Waals surface area contributed by atoms with E-state index in [9.17, 15) is 22.8 Å². The van der Waals surface area contributed by atoms with Crippen LogP contribution in [0.4, 0.5) is 13.2 Å². The number of rotatable bonds is 4. The minimum atomic E-state index is -4.63. The molecule has 0 spiro atoms. The smallest absolute Gasteiger partial charge is 0.337 e. The van der Waals surface area contributed by atoms with Crippen LogP contribution in [0.25, 0.3) is 5.65 Å². The molecule has 0 N–H and O–H groups in total. The maximum Gasteiger partial charge on any atom is 0.419 e. The Morgan fingerprint density at radius 1 is 1.33 bits per heavy atom. The van der Waals surface area contributed by atoms with E-state index in [0.29, 0.717) is 12.1 Å². The fraction of sp³-hybridized carbons (Fsp3) is 0.550. The summed E-state index contributed by atoms with van der Waals surface area (Å²) in [4.78, 5) is 32.4. The van der Waals surface area contributed by atoms with Crippen LogP contribution in [0.15, 0.2) is 12.3 Å². The lowest BCUT2D eigenvalue weighted by Gasteiger charge is -2.37. The predicted octanol–water partition coefficient (Wildman–Crippen LogP) is 3.97. The second-order valence-electron chi connectivity index (χ2n) is 7.98. The van der Waals surface area contributed by atoms with Crippen LogP contribution in [0, 0.1) is 0 Å². The Labute approximate surface area is 176 Å². The number of piperazine rings is 1. The normalized spacial score (nSPS) is 18.9. The van der Waals surface area contributed by atoms with Gasteiger partial charge in [-0.15, -0.1) is 0 Å². The third kappa shape index (κ3) is 3.64. The van der Waals surface area contributed by atoms with Gasteiger partial charge in [-0.1, -0.05) is 18.5 Å². The quantitative estimate of drug-likeness (QED) is 0.720. The van der Waals surface area contributed by atoms with E-state index in [2.05, 4.69) is 4.98 Å². The van der Waals surface area contributed by atoms with Gasteiger partial charge < -0.3 is 9.80 Å². The van der Waals surface area contributed by atoms with Crippen molar-refractivity contribution in [3.8, 4) is 0 Å². The van der Waals surface area contributed by atoms with Crippen molar-refractivity contribution in [3.63, 3.8) is 0 Å². The van der Waals surface area contributed by atoms with Gasteiger partial charge in [-0.25, -0.2) is 4.98 Å². The maximum atomic E-state index is 13.6.